The van der Waals surface area contributed by atoms with Gasteiger partial charge in [-0.1, -0.05) is 111 Å². The SMILES string of the molecule is C=C/C(=C\C=C1/CCCC(C)C(CCCCC(C)(C)O)CCC1)CC(O)CC.CC.CC.CC.CO. The Morgan fingerprint density at radius 2 is 1.53 bits per heavy atom. The Morgan fingerprint density at radius 3 is 2.00 bits per heavy atom. The molecule has 0 aromatic rings. The molecule has 1 aliphatic carbocycles. The predicted molar refractivity (Wildman–Crippen MR) is 165 cm³/mol. The van der Waals surface area contributed by atoms with E-state index in [0.717, 1.165) is 43.8 Å². The smallest absolute Gasteiger partial charge is 0.0591 e. The van der Waals surface area contributed by atoms with Crippen molar-refractivity contribution in [3.8, 4) is 0 Å². The van der Waals surface area contributed by atoms with Gasteiger partial charge in [0.05, 0.1) is 11.7 Å². The normalized spacial score (nSPS) is 20.2. The Morgan fingerprint density at radius 1 is 1.00 bits per heavy atom. The topological polar surface area (TPSA) is 60.7 Å². The van der Waals surface area contributed by atoms with E-state index in [1.54, 1.807) is 5.57 Å². The molecule has 3 heteroatoms. The van der Waals surface area contributed by atoms with Crippen LogP contribution in [-0.4, -0.2) is 34.1 Å². The highest BCUT2D eigenvalue weighted by Gasteiger charge is 2.19. The van der Waals surface area contributed by atoms with E-state index in [1.165, 1.54) is 51.4 Å². The van der Waals surface area contributed by atoms with Crippen LogP contribution < -0.4 is 0 Å². The van der Waals surface area contributed by atoms with E-state index >= 15 is 0 Å². The summed E-state index contributed by atoms with van der Waals surface area (Å²) in [5.74, 6) is 1.64. The van der Waals surface area contributed by atoms with E-state index in [2.05, 4.69) is 25.7 Å². The van der Waals surface area contributed by atoms with Gasteiger partial charge < -0.3 is 15.3 Å². The Bertz CT molecular complexity index is 500. The van der Waals surface area contributed by atoms with Crippen molar-refractivity contribution in [2.45, 2.75) is 158 Å². The number of hydrogen-bond donors (Lipinski definition) is 3. The van der Waals surface area contributed by atoms with Gasteiger partial charge in [0.2, 0.25) is 0 Å². The molecular weight excluding hydrogens is 444 g/mol. The second-order valence-electron chi connectivity index (χ2n) is 9.62. The molecule has 0 aromatic heterocycles. The summed E-state index contributed by atoms with van der Waals surface area (Å²) in [5.41, 5.74) is 2.18. The lowest BCUT2D eigenvalue weighted by atomic mass is 9.83. The number of aliphatic hydroxyl groups is 3. The molecule has 0 amide bonds. The summed E-state index contributed by atoms with van der Waals surface area (Å²) < 4.78 is 0. The zero-order valence-electron chi connectivity index (χ0n) is 26.5. The van der Waals surface area contributed by atoms with Gasteiger partial charge in [0.15, 0.2) is 0 Å². The van der Waals surface area contributed by atoms with Crippen LogP contribution in [0.15, 0.2) is 36.0 Å². The maximum Gasteiger partial charge on any atom is 0.0591 e. The quantitative estimate of drug-likeness (QED) is 0.201. The van der Waals surface area contributed by atoms with E-state index in [4.69, 9.17) is 5.11 Å². The van der Waals surface area contributed by atoms with Crippen molar-refractivity contribution in [3.05, 3.63) is 36.0 Å². The summed E-state index contributed by atoms with van der Waals surface area (Å²) in [6.07, 6.45) is 19.8. The Hall–Kier alpha value is -0.900. The van der Waals surface area contributed by atoms with Crippen LogP contribution in [0.2, 0.25) is 0 Å². The van der Waals surface area contributed by atoms with Crippen LogP contribution in [0, 0.1) is 11.8 Å². The molecule has 1 aliphatic rings. The average molecular weight is 513 g/mol. The lowest BCUT2D eigenvalue weighted by Crippen LogP contribution is -2.18. The largest absolute Gasteiger partial charge is 0.400 e. The molecule has 36 heavy (non-hydrogen) atoms. The maximum atomic E-state index is 9.89. The van der Waals surface area contributed by atoms with Crippen molar-refractivity contribution in [1.82, 2.24) is 0 Å². The van der Waals surface area contributed by atoms with Gasteiger partial charge in [-0.2, -0.15) is 0 Å². The van der Waals surface area contributed by atoms with E-state index in [0.29, 0.717) is 6.42 Å². The van der Waals surface area contributed by atoms with Gasteiger partial charge in [-0.3, -0.25) is 0 Å². The molecule has 3 unspecified atom stereocenters. The second-order valence-corrected chi connectivity index (χ2v) is 9.62. The van der Waals surface area contributed by atoms with Crippen LogP contribution >= 0.6 is 0 Å². The van der Waals surface area contributed by atoms with E-state index in [1.807, 2.05) is 68.4 Å². The zero-order chi connectivity index (χ0) is 29.0. The summed E-state index contributed by atoms with van der Waals surface area (Å²) in [4.78, 5) is 0. The van der Waals surface area contributed by atoms with Gasteiger partial charge in [0.25, 0.3) is 0 Å². The summed E-state index contributed by atoms with van der Waals surface area (Å²) in [6, 6.07) is 0. The molecule has 0 spiro atoms. The summed E-state index contributed by atoms with van der Waals surface area (Å²) in [6.45, 7) is 24.2. The summed E-state index contributed by atoms with van der Waals surface area (Å²) in [5, 5.41) is 26.8. The van der Waals surface area contributed by atoms with Crippen molar-refractivity contribution < 1.29 is 15.3 Å². The van der Waals surface area contributed by atoms with Crippen LogP contribution in [0.25, 0.3) is 0 Å². The number of hydrogen-bond acceptors (Lipinski definition) is 3. The van der Waals surface area contributed by atoms with E-state index in [-0.39, 0.29) is 6.10 Å². The van der Waals surface area contributed by atoms with Gasteiger partial charge >= 0.3 is 0 Å². The molecule has 3 N–H and O–H groups in total. The van der Waals surface area contributed by atoms with Crippen molar-refractivity contribution in [2.75, 3.05) is 7.11 Å². The first-order valence-electron chi connectivity index (χ1n) is 15.1. The lowest BCUT2D eigenvalue weighted by Gasteiger charge is -2.24. The Kier molecular flexibility index (Phi) is 35.5. The molecule has 0 radical (unpaired) electrons. The average Bonchev–Trinajstić information content (AvgIpc) is 2.99. The van der Waals surface area contributed by atoms with Gasteiger partial charge in [-0.15, -0.1) is 0 Å². The number of allylic oxidation sites excluding steroid dienone is 4. The van der Waals surface area contributed by atoms with Gasteiger partial charge in [-0.05, 0) is 82.6 Å². The van der Waals surface area contributed by atoms with E-state index < -0.39 is 5.60 Å². The third kappa shape index (κ3) is 26.2. The van der Waals surface area contributed by atoms with Crippen molar-refractivity contribution in [1.29, 1.82) is 0 Å². The Balaban J connectivity index is -0.000000579. The molecular formula is C33H68O3. The fraction of sp³-hybridized carbons (Fsp3) is 0.818. The second kappa shape index (κ2) is 30.3. The zero-order valence-corrected chi connectivity index (χ0v) is 26.5. The third-order valence-electron chi connectivity index (χ3n) is 6.39. The van der Waals surface area contributed by atoms with Crippen molar-refractivity contribution >= 4 is 0 Å². The van der Waals surface area contributed by atoms with Gasteiger partial charge in [0.1, 0.15) is 0 Å². The molecule has 0 saturated heterocycles. The number of rotatable bonds is 10. The molecule has 0 heterocycles. The first-order chi connectivity index (χ1) is 17.2. The standard InChI is InChI=1S/C26H46O2.3C2H6.CH4O/c1-6-22(20-25(27)7-2)17-18-23-13-10-12-21(3)24(16-11-14-23)15-8-9-19-26(4,5)28;4*1-2/h6,17-18,21,24-25,27-28H,1,7-16,19-20H2,2-5H3;3*1-2H3;2H,1H3/b22-17+,23-18+;;;;. The molecule has 0 aliphatic heterocycles. The minimum absolute atomic E-state index is 0.263. The minimum Gasteiger partial charge on any atom is -0.400 e. The van der Waals surface area contributed by atoms with Gasteiger partial charge in [0, 0.05) is 7.11 Å². The molecule has 0 bridgehead atoms. The lowest BCUT2D eigenvalue weighted by molar-refractivity contribution is 0.0673. The molecule has 1 saturated carbocycles. The van der Waals surface area contributed by atoms with Crippen molar-refractivity contribution in [2.24, 2.45) is 11.8 Å². The molecule has 3 atom stereocenters. The first kappa shape index (κ1) is 42.2. The summed E-state index contributed by atoms with van der Waals surface area (Å²) in [7, 11) is 1.00. The van der Waals surface area contributed by atoms with Crippen LogP contribution in [0.4, 0.5) is 0 Å². The first-order valence-corrected chi connectivity index (χ1v) is 15.1. The highest BCUT2D eigenvalue weighted by Crippen LogP contribution is 2.32. The molecule has 0 aromatic carbocycles. The highest BCUT2D eigenvalue weighted by molar-refractivity contribution is 5.25. The molecule has 1 rings (SSSR count). The van der Waals surface area contributed by atoms with E-state index in [9.17, 15) is 10.2 Å². The fourth-order valence-electron chi connectivity index (χ4n) is 4.31. The van der Waals surface area contributed by atoms with Crippen LogP contribution in [0.1, 0.15) is 146 Å². The number of unbranched alkanes of at least 4 members (excludes halogenated alkanes) is 1. The highest BCUT2D eigenvalue weighted by atomic mass is 16.3. The maximum absolute atomic E-state index is 9.89. The minimum atomic E-state index is -0.519. The molecule has 3 nitrogen and oxygen atoms in total. The van der Waals surface area contributed by atoms with Gasteiger partial charge in [-0.25, -0.2) is 0 Å². The predicted octanol–water partition coefficient (Wildman–Crippen LogP) is 9.81. The number of aliphatic hydroxyl groups excluding tert-OH is 2. The molecule has 1 fully saturated rings. The third-order valence-corrected chi connectivity index (χ3v) is 6.39. The van der Waals surface area contributed by atoms with Crippen LogP contribution in [-0.2, 0) is 0 Å². The van der Waals surface area contributed by atoms with Crippen molar-refractivity contribution in [3.63, 3.8) is 0 Å². The van der Waals surface area contributed by atoms with Crippen LogP contribution in [0.5, 0.6) is 0 Å². The fourth-order valence-corrected chi connectivity index (χ4v) is 4.31. The summed E-state index contributed by atoms with van der Waals surface area (Å²) >= 11 is 0. The Labute approximate surface area is 228 Å². The van der Waals surface area contributed by atoms with Crippen LogP contribution in [0.3, 0.4) is 0 Å². The molecule has 218 valence electrons. The monoisotopic (exact) mass is 513 g/mol.